The number of nitrogens with zero attached hydrogens (tertiary/aromatic N) is 4. The largest absolute Gasteiger partial charge is 0.465 e. The third kappa shape index (κ3) is 4.71. The molecular weight excluding hydrogens is 433 g/mol. The number of pyridine rings is 2. The number of rotatable bonds is 7. The van der Waals surface area contributed by atoms with Crippen molar-refractivity contribution in [3.63, 3.8) is 0 Å². The minimum Gasteiger partial charge on any atom is -0.465 e. The Morgan fingerprint density at radius 2 is 1.91 bits per heavy atom. The smallest absolute Gasteiger partial charge is 0.341 e. The molecular formula is C26H26FN5O2. The van der Waals surface area contributed by atoms with Gasteiger partial charge in [-0.25, -0.2) is 19.2 Å². The molecule has 7 nitrogen and oxygen atoms in total. The molecule has 0 saturated heterocycles. The lowest BCUT2D eigenvalue weighted by Gasteiger charge is -2.22. The summed E-state index contributed by atoms with van der Waals surface area (Å²) in [5.41, 5.74) is 4.11. The number of para-hydroxylation sites is 1. The molecule has 0 radical (unpaired) electrons. The topological polar surface area (TPSA) is 89.9 Å². The number of aromatic nitrogens is 4. The van der Waals surface area contributed by atoms with Crippen molar-refractivity contribution in [2.75, 3.05) is 19.0 Å². The van der Waals surface area contributed by atoms with Crippen molar-refractivity contribution in [2.24, 2.45) is 5.92 Å². The van der Waals surface area contributed by atoms with Crippen molar-refractivity contribution < 1.29 is 13.9 Å². The Bertz CT molecular complexity index is 1330. The third-order valence-corrected chi connectivity index (χ3v) is 6.10. The molecule has 0 fully saturated rings. The average molecular weight is 460 g/mol. The van der Waals surface area contributed by atoms with Gasteiger partial charge in [0.05, 0.1) is 24.5 Å². The van der Waals surface area contributed by atoms with Crippen molar-refractivity contribution in [1.29, 1.82) is 0 Å². The molecule has 2 atom stereocenters. The molecule has 174 valence electrons. The maximum Gasteiger partial charge on any atom is 0.341 e. The van der Waals surface area contributed by atoms with E-state index >= 15 is 0 Å². The van der Waals surface area contributed by atoms with E-state index in [1.54, 1.807) is 12.3 Å². The highest BCUT2D eigenvalue weighted by Gasteiger charge is 2.22. The number of nitrogens with one attached hydrogen (secondary N) is 1. The van der Waals surface area contributed by atoms with Gasteiger partial charge >= 0.3 is 5.97 Å². The number of anilines is 1. The Balaban J connectivity index is 1.54. The Morgan fingerprint density at radius 1 is 1.09 bits per heavy atom. The zero-order valence-corrected chi connectivity index (χ0v) is 19.5. The average Bonchev–Trinajstić information content (AvgIpc) is 2.86. The van der Waals surface area contributed by atoms with E-state index in [0.717, 1.165) is 34.5 Å². The van der Waals surface area contributed by atoms with E-state index in [9.17, 15) is 9.18 Å². The molecule has 1 N–H and O–H groups in total. The number of halogens is 1. The monoisotopic (exact) mass is 459 g/mol. The van der Waals surface area contributed by atoms with Gasteiger partial charge in [-0.3, -0.25) is 9.97 Å². The van der Waals surface area contributed by atoms with Gasteiger partial charge in [-0.15, -0.1) is 0 Å². The van der Waals surface area contributed by atoms with Gasteiger partial charge in [0.15, 0.2) is 5.82 Å². The Hall–Kier alpha value is -3.94. The van der Waals surface area contributed by atoms with E-state index in [4.69, 9.17) is 4.74 Å². The fraction of sp³-hybridized carbons (Fsp3) is 0.269. The fourth-order valence-electron chi connectivity index (χ4n) is 3.88. The van der Waals surface area contributed by atoms with Crippen molar-refractivity contribution in [3.05, 3.63) is 77.8 Å². The van der Waals surface area contributed by atoms with E-state index in [0.29, 0.717) is 17.4 Å². The Morgan fingerprint density at radius 3 is 2.65 bits per heavy atom. The maximum absolute atomic E-state index is 14.3. The maximum atomic E-state index is 14.3. The van der Waals surface area contributed by atoms with Crippen LogP contribution in [0.2, 0.25) is 0 Å². The van der Waals surface area contributed by atoms with E-state index in [1.807, 2.05) is 37.3 Å². The second kappa shape index (κ2) is 9.91. The van der Waals surface area contributed by atoms with Gasteiger partial charge in [0.2, 0.25) is 0 Å². The molecule has 1 unspecified atom stereocenters. The number of benzene rings is 1. The molecule has 3 heterocycles. The lowest BCUT2D eigenvalue weighted by molar-refractivity contribution is 0.0598. The molecule has 34 heavy (non-hydrogen) atoms. The van der Waals surface area contributed by atoms with Crippen LogP contribution in [0.5, 0.6) is 0 Å². The van der Waals surface area contributed by atoms with Crippen LogP contribution >= 0.6 is 0 Å². The number of hydrogen-bond acceptors (Lipinski definition) is 7. The lowest BCUT2D eigenvalue weighted by Crippen LogP contribution is -2.18. The quantitative estimate of drug-likeness (QED) is 0.381. The van der Waals surface area contributed by atoms with E-state index in [-0.39, 0.29) is 17.4 Å². The van der Waals surface area contributed by atoms with Crippen LogP contribution in [0.1, 0.15) is 41.4 Å². The summed E-state index contributed by atoms with van der Waals surface area (Å²) >= 11 is 0. The number of carbonyl (C=O) groups excluding carboxylic acids is 1. The summed E-state index contributed by atoms with van der Waals surface area (Å²) in [6.45, 7) is 6.79. The number of fused-ring (bicyclic) bond motifs is 1. The SMILES string of the molecule is COC(=O)c1c(F)cnc2c(C(C)[C@H](C)CNc3cc(-c4ccc(C)nc4)ncn3)cccc12. The zero-order valence-electron chi connectivity index (χ0n) is 19.5. The predicted molar refractivity (Wildman–Crippen MR) is 129 cm³/mol. The first-order valence-corrected chi connectivity index (χ1v) is 11.0. The molecule has 0 spiro atoms. The minimum atomic E-state index is -0.715. The third-order valence-electron chi connectivity index (χ3n) is 6.10. The van der Waals surface area contributed by atoms with Gasteiger partial charge in [0, 0.05) is 35.5 Å². The molecule has 4 aromatic rings. The molecule has 0 amide bonds. The normalized spacial score (nSPS) is 12.9. The van der Waals surface area contributed by atoms with Crippen LogP contribution in [0.15, 0.2) is 55.1 Å². The van der Waals surface area contributed by atoms with Crippen LogP contribution < -0.4 is 5.32 Å². The molecule has 4 rings (SSSR count). The van der Waals surface area contributed by atoms with Gasteiger partial charge in [-0.2, -0.15) is 0 Å². The molecule has 0 aliphatic rings. The number of ether oxygens (including phenoxy) is 1. The van der Waals surface area contributed by atoms with Crippen molar-refractivity contribution >= 4 is 22.7 Å². The highest BCUT2D eigenvalue weighted by Crippen LogP contribution is 2.32. The lowest BCUT2D eigenvalue weighted by atomic mass is 9.87. The van der Waals surface area contributed by atoms with Gasteiger partial charge in [-0.05, 0) is 36.5 Å². The first-order valence-electron chi connectivity index (χ1n) is 11.0. The minimum absolute atomic E-state index is 0.0715. The van der Waals surface area contributed by atoms with Gasteiger partial charge in [0.1, 0.15) is 17.7 Å². The fourth-order valence-corrected chi connectivity index (χ4v) is 3.88. The zero-order chi connectivity index (χ0) is 24.2. The predicted octanol–water partition coefficient (Wildman–Crippen LogP) is 5.17. The van der Waals surface area contributed by atoms with Crippen molar-refractivity contribution in [1.82, 2.24) is 19.9 Å². The number of esters is 1. The first kappa shape index (κ1) is 23.2. The van der Waals surface area contributed by atoms with Gasteiger partial charge in [0.25, 0.3) is 0 Å². The molecule has 0 bridgehead atoms. The van der Waals surface area contributed by atoms with Gasteiger partial charge < -0.3 is 10.1 Å². The first-order chi connectivity index (χ1) is 16.4. The van der Waals surface area contributed by atoms with Gasteiger partial charge in [-0.1, -0.05) is 32.0 Å². The van der Waals surface area contributed by atoms with Crippen molar-refractivity contribution in [2.45, 2.75) is 26.7 Å². The molecule has 0 saturated carbocycles. The Labute approximate surface area is 197 Å². The number of aryl methyl sites for hydroxylation is 1. The summed E-state index contributed by atoms with van der Waals surface area (Å²) in [6, 6.07) is 11.3. The van der Waals surface area contributed by atoms with E-state index < -0.39 is 11.8 Å². The molecule has 3 aromatic heterocycles. The number of carbonyl (C=O) groups is 1. The summed E-state index contributed by atoms with van der Waals surface area (Å²) in [5, 5.41) is 3.83. The van der Waals surface area contributed by atoms with Crippen LogP contribution in [0.25, 0.3) is 22.2 Å². The van der Waals surface area contributed by atoms with Crippen LogP contribution in [0, 0.1) is 18.7 Å². The summed E-state index contributed by atoms with van der Waals surface area (Å²) < 4.78 is 19.1. The van der Waals surface area contributed by atoms with Crippen LogP contribution in [0.4, 0.5) is 10.2 Å². The molecule has 0 aliphatic carbocycles. The number of hydrogen-bond donors (Lipinski definition) is 1. The summed E-state index contributed by atoms with van der Waals surface area (Å²) in [7, 11) is 1.24. The second-order valence-corrected chi connectivity index (χ2v) is 8.34. The van der Waals surface area contributed by atoms with Crippen molar-refractivity contribution in [3.8, 4) is 11.3 Å². The van der Waals surface area contributed by atoms with E-state index in [2.05, 4.69) is 39.1 Å². The molecule has 0 aliphatic heterocycles. The van der Waals surface area contributed by atoms with Crippen LogP contribution in [0.3, 0.4) is 0 Å². The summed E-state index contributed by atoms with van der Waals surface area (Å²) in [5.74, 6) is -0.438. The Kier molecular flexibility index (Phi) is 6.77. The second-order valence-electron chi connectivity index (χ2n) is 8.34. The molecule has 1 aromatic carbocycles. The number of methoxy groups -OCH3 is 1. The van der Waals surface area contributed by atoms with E-state index in [1.165, 1.54) is 13.4 Å². The van der Waals surface area contributed by atoms with Crippen LogP contribution in [-0.2, 0) is 4.74 Å². The highest BCUT2D eigenvalue weighted by molar-refractivity contribution is 6.04. The van der Waals surface area contributed by atoms with Crippen LogP contribution in [-0.4, -0.2) is 39.6 Å². The molecule has 8 heteroatoms. The standard InChI is InChI=1S/C26H26FN5O2/c1-15(11-29-23-10-22(31-14-32-23)18-9-8-16(2)28-12-18)17(3)19-6-5-7-20-24(26(33)34-4)21(27)13-30-25(19)20/h5-10,12-15,17H,11H2,1-4H3,(H,29,31,32)/t15-,17?/m1/s1. The summed E-state index contributed by atoms with van der Waals surface area (Å²) in [6.07, 6.45) is 4.41. The summed E-state index contributed by atoms with van der Waals surface area (Å²) in [4.78, 5) is 29.5. The highest BCUT2D eigenvalue weighted by atomic mass is 19.1.